The number of nitrogens with one attached hydrogen (secondary N) is 1. The highest BCUT2D eigenvalue weighted by Crippen LogP contribution is 2.22. The first-order valence-corrected chi connectivity index (χ1v) is 6.55. The molecule has 0 unspecified atom stereocenters. The molecule has 3 N–H and O–H groups in total. The molecule has 92 valence electrons. The van der Waals surface area contributed by atoms with E-state index in [1.807, 2.05) is 25.1 Å². The second-order valence-electron chi connectivity index (χ2n) is 3.89. The van der Waals surface area contributed by atoms with Crippen LogP contribution in [0.2, 0.25) is 0 Å². The topological polar surface area (TPSA) is 50.9 Å². The second kappa shape index (κ2) is 5.46. The molecule has 0 aliphatic rings. The van der Waals surface area contributed by atoms with Gasteiger partial charge < -0.3 is 11.1 Å². The van der Waals surface area contributed by atoms with Crippen LogP contribution in [0.25, 0.3) is 0 Å². The van der Waals surface area contributed by atoms with Crippen molar-refractivity contribution in [2.45, 2.75) is 6.92 Å². The van der Waals surface area contributed by atoms with Crippen LogP contribution in [-0.4, -0.2) is 9.97 Å². The number of benzene rings is 1. The van der Waals surface area contributed by atoms with Gasteiger partial charge in [-0.05, 0) is 42.8 Å². The van der Waals surface area contributed by atoms with Crippen molar-refractivity contribution >= 4 is 44.5 Å². The summed E-state index contributed by atoms with van der Waals surface area (Å²) >= 11 is 8.33. The zero-order chi connectivity index (χ0) is 13.1. The van der Waals surface area contributed by atoms with E-state index in [0.29, 0.717) is 10.7 Å². The van der Waals surface area contributed by atoms with E-state index < -0.39 is 0 Å². The number of nitrogens with two attached hydrogens (primary N) is 1. The number of anilines is 2. The molecule has 0 atom stereocenters. The van der Waals surface area contributed by atoms with Gasteiger partial charge in [-0.3, -0.25) is 4.98 Å². The quantitative estimate of drug-likeness (QED) is 0.849. The minimum Gasteiger partial charge on any atom is -0.388 e. The lowest BCUT2D eigenvalue weighted by Crippen LogP contribution is -2.11. The van der Waals surface area contributed by atoms with E-state index in [-0.39, 0.29) is 0 Å². The van der Waals surface area contributed by atoms with Crippen molar-refractivity contribution in [1.29, 1.82) is 0 Å². The lowest BCUT2D eigenvalue weighted by atomic mass is 10.2. The summed E-state index contributed by atoms with van der Waals surface area (Å²) in [7, 11) is 0. The zero-order valence-electron chi connectivity index (χ0n) is 9.77. The van der Waals surface area contributed by atoms with Crippen LogP contribution < -0.4 is 11.1 Å². The highest BCUT2D eigenvalue weighted by molar-refractivity contribution is 9.10. The number of rotatable bonds is 3. The third-order valence-electron chi connectivity index (χ3n) is 2.46. The van der Waals surface area contributed by atoms with Crippen LogP contribution in [0.4, 0.5) is 11.4 Å². The van der Waals surface area contributed by atoms with E-state index in [9.17, 15) is 0 Å². The minimum atomic E-state index is 0.307. The van der Waals surface area contributed by atoms with E-state index in [1.165, 1.54) is 5.56 Å². The maximum Gasteiger partial charge on any atom is 0.122 e. The number of aromatic nitrogens is 1. The fourth-order valence-electron chi connectivity index (χ4n) is 1.50. The average molecular weight is 322 g/mol. The molecule has 0 amide bonds. The SMILES string of the molecule is Cc1cc(Nc2ccc(C(N)=S)nc2)ccc1Br. The Morgan fingerprint density at radius 2 is 2.00 bits per heavy atom. The van der Waals surface area contributed by atoms with E-state index in [1.54, 1.807) is 12.3 Å². The minimum absolute atomic E-state index is 0.307. The van der Waals surface area contributed by atoms with Gasteiger partial charge in [0.1, 0.15) is 4.99 Å². The number of pyridine rings is 1. The van der Waals surface area contributed by atoms with Crippen molar-refractivity contribution in [3.8, 4) is 0 Å². The van der Waals surface area contributed by atoms with E-state index in [2.05, 4.69) is 32.3 Å². The normalized spacial score (nSPS) is 10.1. The molecular weight excluding hydrogens is 310 g/mol. The molecule has 0 bridgehead atoms. The van der Waals surface area contributed by atoms with E-state index in [4.69, 9.17) is 18.0 Å². The molecule has 3 nitrogen and oxygen atoms in total. The third-order valence-corrected chi connectivity index (χ3v) is 3.56. The van der Waals surface area contributed by atoms with Gasteiger partial charge in [-0.1, -0.05) is 28.1 Å². The summed E-state index contributed by atoms with van der Waals surface area (Å²) in [6.45, 7) is 2.05. The smallest absolute Gasteiger partial charge is 0.122 e. The molecule has 18 heavy (non-hydrogen) atoms. The van der Waals surface area contributed by atoms with Crippen molar-refractivity contribution in [1.82, 2.24) is 4.98 Å². The molecule has 0 aliphatic heterocycles. The van der Waals surface area contributed by atoms with Gasteiger partial charge in [0.15, 0.2) is 0 Å². The molecule has 1 heterocycles. The Hall–Kier alpha value is -1.46. The van der Waals surface area contributed by atoms with Crippen molar-refractivity contribution in [2.24, 2.45) is 5.73 Å². The first kappa shape index (κ1) is 13.0. The number of nitrogens with zero attached hydrogens (tertiary/aromatic N) is 1. The molecule has 1 aromatic carbocycles. The van der Waals surface area contributed by atoms with Crippen LogP contribution in [0.15, 0.2) is 41.0 Å². The lowest BCUT2D eigenvalue weighted by Gasteiger charge is -2.08. The first-order valence-electron chi connectivity index (χ1n) is 5.35. The highest BCUT2D eigenvalue weighted by atomic mass is 79.9. The summed E-state index contributed by atoms with van der Waals surface area (Å²) in [6.07, 6.45) is 1.71. The molecule has 0 fully saturated rings. The van der Waals surface area contributed by atoms with Crippen molar-refractivity contribution < 1.29 is 0 Å². The molecule has 5 heteroatoms. The Morgan fingerprint density at radius 3 is 2.56 bits per heavy atom. The van der Waals surface area contributed by atoms with Gasteiger partial charge in [-0.25, -0.2) is 0 Å². The molecule has 2 aromatic rings. The summed E-state index contributed by atoms with van der Waals surface area (Å²) in [5, 5.41) is 3.27. The van der Waals surface area contributed by atoms with Crippen molar-refractivity contribution in [2.75, 3.05) is 5.32 Å². The molecule has 1 aromatic heterocycles. The summed E-state index contributed by atoms with van der Waals surface area (Å²) in [6, 6.07) is 9.77. The van der Waals surface area contributed by atoms with Crippen LogP contribution in [-0.2, 0) is 0 Å². The molecular formula is C13H12BrN3S. The zero-order valence-corrected chi connectivity index (χ0v) is 12.2. The number of aryl methyl sites for hydroxylation is 1. The lowest BCUT2D eigenvalue weighted by molar-refractivity contribution is 1.28. The van der Waals surface area contributed by atoms with Gasteiger partial charge in [0.2, 0.25) is 0 Å². The summed E-state index contributed by atoms with van der Waals surface area (Å²) in [5.41, 5.74) is 9.21. The maximum absolute atomic E-state index is 5.50. The van der Waals surface area contributed by atoms with Gasteiger partial charge in [-0.15, -0.1) is 0 Å². The van der Waals surface area contributed by atoms with Gasteiger partial charge >= 0.3 is 0 Å². The standard InChI is InChI=1S/C13H12BrN3S/c1-8-6-9(2-4-11(8)14)17-10-3-5-12(13(15)18)16-7-10/h2-7,17H,1H3,(H2,15,18). The van der Waals surface area contributed by atoms with Crippen molar-refractivity contribution in [3.63, 3.8) is 0 Å². The highest BCUT2D eigenvalue weighted by Gasteiger charge is 2.00. The predicted molar refractivity (Wildman–Crippen MR) is 82.3 cm³/mol. The monoisotopic (exact) mass is 321 g/mol. The van der Waals surface area contributed by atoms with Gasteiger partial charge in [0.25, 0.3) is 0 Å². The molecule has 0 saturated carbocycles. The number of thiocarbonyl (C=S) groups is 1. The Bertz CT molecular complexity index is 581. The molecule has 0 spiro atoms. The Morgan fingerprint density at radius 1 is 1.28 bits per heavy atom. The fourth-order valence-corrected chi connectivity index (χ4v) is 1.87. The van der Waals surface area contributed by atoms with Gasteiger partial charge in [0.05, 0.1) is 17.6 Å². The maximum atomic E-state index is 5.50. The fraction of sp³-hybridized carbons (Fsp3) is 0.0769. The summed E-state index contributed by atoms with van der Waals surface area (Å²) in [4.78, 5) is 4.48. The van der Waals surface area contributed by atoms with E-state index in [0.717, 1.165) is 15.8 Å². The molecule has 0 aliphatic carbocycles. The van der Waals surface area contributed by atoms with Crippen LogP contribution >= 0.6 is 28.1 Å². The van der Waals surface area contributed by atoms with Crippen LogP contribution in [0.5, 0.6) is 0 Å². The van der Waals surface area contributed by atoms with Crippen molar-refractivity contribution in [3.05, 3.63) is 52.3 Å². The number of halogens is 1. The molecule has 0 radical (unpaired) electrons. The average Bonchev–Trinajstić information content (AvgIpc) is 2.34. The van der Waals surface area contributed by atoms with Crippen LogP contribution in [0.3, 0.4) is 0 Å². The summed E-state index contributed by atoms with van der Waals surface area (Å²) < 4.78 is 1.09. The molecule has 2 rings (SSSR count). The predicted octanol–water partition coefficient (Wildman–Crippen LogP) is 3.53. The second-order valence-corrected chi connectivity index (χ2v) is 5.18. The van der Waals surface area contributed by atoms with Crippen LogP contribution in [0.1, 0.15) is 11.3 Å². The Balaban J connectivity index is 2.18. The Labute approximate surface area is 120 Å². The van der Waals surface area contributed by atoms with E-state index >= 15 is 0 Å². The van der Waals surface area contributed by atoms with Gasteiger partial charge in [0, 0.05) is 10.2 Å². The number of hydrogen-bond acceptors (Lipinski definition) is 3. The van der Waals surface area contributed by atoms with Crippen LogP contribution in [0, 0.1) is 6.92 Å². The largest absolute Gasteiger partial charge is 0.388 e. The van der Waals surface area contributed by atoms with Gasteiger partial charge in [-0.2, -0.15) is 0 Å². The summed E-state index contributed by atoms with van der Waals surface area (Å²) in [5.74, 6) is 0. The Kier molecular flexibility index (Phi) is 3.93. The third kappa shape index (κ3) is 3.05. The first-order chi connectivity index (χ1) is 8.56. The molecule has 0 saturated heterocycles. The number of hydrogen-bond donors (Lipinski definition) is 2.